The number of carbonyl (C=O) groups is 1. The second-order valence-electron chi connectivity index (χ2n) is 7.02. The predicted molar refractivity (Wildman–Crippen MR) is 84.5 cm³/mol. The lowest BCUT2D eigenvalue weighted by atomic mass is 9.75. The van der Waals surface area contributed by atoms with Gasteiger partial charge in [-0.05, 0) is 38.1 Å². The lowest BCUT2D eigenvalue weighted by Gasteiger charge is -2.45. The van der Waals surface area contributed by atoms with E-state index in [-0.39, 0.29) is 11.4 Å². The topological polar surface area (TPSA) is 58.4 Å². The highest BCUT2D eigenvalue weighted by Gasteiger charge is 2.37. The summed E-state index contributed by atoms with van der Waals surface area (Å²) in [6, 6.07) is 0. The molecule has 0 aromatic rings. The molecule has 0 radical (unpaired) electrons. The number of carbonyl (C=O) groups excluding carboxylic acids is 1. The fourth-order valence-corrected chi connectivity index (χ4v) is 3.26. The van der Waals surface area contributed by atoms with Crippen molar-refractivity contribution in [3.8, 4) is 0 Å². The van der Waals surface area contributed by atoms with Gasteiger partial charge in [0.25, 0.3) is 0 Å². The van der Waals surface area contributed by atoms with E-state index in [1.54, 1.807) is 0 Å². The second kappa shape index (κ2) is 7.99. The molecule has 0 heterocycles. The van der Waals surface area contributed by atoms with E-state index in [9.17, 15) is 4.79 Å². The summed E-state index contributed by atoms with van der Waals surface area (Å²) in [5.74, 6) is 1.46. The van der Waals surface area contributed by atoms with Crippen LogP contribution in [0.4, 0.5) is 0 Å². The lowest BCUT2D eigenvalue weighted by molar-refractivity contribution is -0.123. The number of rotatable bonds is 7. The Bertz CT molecular complexity index is 306. The SMILES string of the molecule is CC(C)CCNC(=O)CN(C)C1(CN)CCCC(C)C1. The van der Waals surface area contributed by atoms with E-state index in [4.69, 9.17) is 5.73 Å². The van der Waals surface area contributed by atoms with Crippen LogP contribution < -0.4 is 11.1 Å². The van der Waals surface area contributed by atoms with E-state index in [2.05, 4.69) is 31.0 Å². The van der Waals surface area contributed by atoms with E-state index >= 15 is 0 Å². The lowest BCUT2D eigenvalue weighted by Crippen LogP contribution is -2.56. The van der Waals surface area contributed by atoms with Gasteiger partial charge in [-0.1, -0.05) is 33.6 Å². The highest BCUT2D eigenvalue weighted by Crippen LogP contribution is 2.35. The molecule has 2 unspecified atom stereocenters. The van der Waals surface area contributed by atoms with Crippen LogP contribution in [-0.2, 0) is 4.79 Å². The maximum Gasteiger partial charge on any atom is 0.234 e. The third-order valence-corrected chi connectivity index (χ3v) is 4.68. The highest BCUT2D eigenvalue weighted by atomic mass is 16.2. The van der Waals surface area contributed by atoms with Gasteiger partial charge in [-0.15, -0.1) is 0 Å². The summed E-state index contributed by atoms with van der Waals surface area (Å²) in [4.78, 5) is 14.2. The zero-order valence-corrected chi connectivity index (χ0v) is 13.7. The molecule has 4 heteroatoms. The molecular weight excluding hydrogens is 250 g/mol. The van der Waals surface area contributed by atoms with Gasteiger partial charge < -0.3 is 11.1 Å². The number of likely N-dealkylation sites (N-methyl/N-ethyl adjacent to an activating group) is 1. The first-order valence-electron chi connectivity index (χ1n) is 8.07. The summed E-state index contributed by atoms with van der Waals surface area (Å²) in [6.45, 7) is 8.52. The van der Waals surface area contributed by atoms with Crippen molar-refractivity contribution in [3.63, 3.8) is 0 Å². The smallest absolute Gasteiger partial charge is 0.234 e. The molecule has 2 atom stereocenters. The van der Waals surface area contributed by atoms with E-state index in [1.807, 2.05) is 7.05 Å². The Morgan fingerprint density at radius 2 is 2.20 bits per heavy atom. The van der Waals surface area contributed by atoms with Gasteiger partial charge in [0.2, 0.25) is 5.91 Å². The summed E-state index contributed by atoms with van der Waals surface area (Å²) < 4.78 is 0. The molecule has 1 aliphatic carbocycles. The molecule has 0 aromatic heterocycles. The van der Waals surface area contributed by atoms with Crippen LogP contribution in [0, 0.1) is 11.8 Å². The van der Waals surface area contributed by atoms with Crippen molar-refractivity contribution in [1.82, 2.24) is 10.2 Å². The van der Waals surface area contributed by atoms with E-state index in [0.717, 1.165) is 25.8 Å². The average molecular weight is 283 g/mol. The van der Waals surface area contributed by atoms with Crippen LogP contribution in [0.25, 0.3) is 0 Å². The van der Waals surface area contributed by atoms with Crippen LogP contribution in [0.15, 0.2) is 0 Å². The average Bonchev–Trinajstić information content (AvgIpc) is 2.37. The predicted octanol–water partition coefficient (Wildman–Crippen LogP) is 1.99. The molecule has 0 spiro atoms. The molecule has 1 aliphatic rings. The zero-order chi connectivity index (χ0) is 15.2. The van der Waals surface area contributed by atoms with Gasteiger partial charge in [0.15, 0.2) is 0 Å². The Hall–Kier alpha value is -0.610. The molecule has 0 aliphatic heterocycles. The number of nitrogens with two attached hydrogens (primary N) is 1. The van der Waals surface area contributed by atoms with E-state index in [0.29, 0.717) is 24.9 Å². The molecule has 1 rings (SSSR count). The standard InChI is InChI=1S/C16H33N3O/c1-13(2)7-9-18-15(20)11-19(4)16(12-17)8-5-6-14(3)10-16/h13-14H,5-12,17H2,1-4H3,(H,18,20). The van der Waals surface area contributed by atoms with E-state index in [1.165, 1.54) is 12.8 Å². The van der Waals surface area contributed by atoms with Crippen molar-refractivity contribution < 1.29 is 4.79 Å². The Balaban J connectivity index is 2.46. The van der Waals surface area contributed by atoms with Gasteiger partial charge in [-0.3, -0.25) is 9.69 Å². The Labute approximate surface area is 124 Å². The normalized spacial score (nSPS) is 27.1. The van der Waals surface area contributed by atoms with Crippen molar-refractivity contribution in [2.24, 2.45) is 17.6 Å². The minimum atomic E-state index is 0.0209. The number of amides is 1. The molecule has 118 valence electrons. The highest BCUT2D eigenvalue weighted by molar-refractivity contribution is 5.78. The molecule has 20 heavy (non-hydrogen) atoms. The quantitative estimate of drug-likeness (QED) is 0.751. The fourth-order valence-electron chi connectivity index (χ4n) is 3.26. The van der Waals surface area contributed by atoms with Gasteiger partial charge in [0.1, 0.15) is 0 Å². The van der Waals surface area contributed by atoms with Crippen LogP contribution in [0.3, 0.4) is 0 Å². The van der Waals surface area contributed by atoms with Gasteiger partial charge in [-0.2, -0.15) is 0 Å². The molecule has 3 N–H and O–H groups in total. The molecule has 1 fully saturated rings. The molecule has 1 amide bonds. The molecule has 0 bridgehead atoms. The van der Waals surface area contributed by atoms with Crippen molar-refractivity contribution in [2.75, 3.05) is 26.7 Å². The fraction of sp³-hybridized carbons (Fsp3) is 0.938. The minimum absolute atomic E-state index is 0.0209. The number of hydrogen-bond donors (Lipinski definition) is 2. The molecule has 1 saturated carbocycles. The van der Waals surface area contributed by atoms with Crippen molar-refractivity contribution in [1.29, 1.82) is 0 Å². The summed E-state index contributed by atoms with van der Waals surface area (Å²) in [7, 11) is 2.05. The maximum absolute atomic E-state index is 12.0. The second-order valence-corrected chi connectivity index (χ2v) is 7.02. The third-order valence-electron chi connectivity index (χ3n) is 4.68. The summed E-state index contributed by atoms with van der Waals surface area (Å²) >= 11 is 0. The number of nitrogens with one attached hydrogen (secondary N) is 1. The van der Waals surface area contributed by atoms with Crippen molar-refractivity contribution >= 4 is 5.91 Å². The van der Waals surface area contributed by atoms with Crippen molar-refractivity contribution in [3.05, 3.63) is 0 Å². The summed E-state index contributed by atoms with van der Waals surface area (Å²) in [6.07, 6.45) is 5.77. The molecule has 4 nitrogen and oxygen atoms in total. The van der Waals surface area contributed by atoms with Crippen LogP contribution in [0.2, 0.25) is 0 Å². The van der Waals surface area contributed by atoms with Crippen LogP contribution in [0.1, 0.15) is 52.9 Å². The zero-order valence-electron chi connectivity index (χ0n) is 13.7. The Kier molecular flexibility index (Phi) is 6.96. The first kappa shape index (κ1) is 17.4. The van der Waals surface area contributed by atoms with Crippen molar-refractivity contribution in [2.45, 2.75) is 58.4 Å². The minimum Gasteiger partial charge on any atom is -0.355 e. The maximum atomic E-state index is 12.0. The molecular formula is C16H33N3O. The van der Waals surface area contributed by atoms with Crippen LogP contribution in [-0.4, -0.2) is 43.0 Å². The largest absolute Gasteiger partial charge is 0.355 e. The number of hydrogen-bond acceptors (Lipinski definition) is 3. The number of nitrogens with zero attached hydrogens (tertiary/aromatic N) is 1. The molecule has 0 aromatic carbocycles. The van der Waals surface area contributed by atoms with Gasteiger partial charge in [0, 0.05) is 18.6 Å². The van der Waals surface area contributed by atoms with Gasteiger partial charge in [0.05, 0.1) is 6.54 Å². The van der Waals surface area contributed by atoms with Crippen LogP contribution in [0.5, 0.6) is 0 Å². The van der Waals surface area contributed by atoms with E-state index < -0.39 is 0 Å². The summed E-state index contributed by atoms with van der Waals surface area (Å²) in [5, 5.41) is 3.02. The first-order chi connectivity index (χ1) is 9.39. The summed E-state index contributed by atoms with van der Waals surface area (Å²) in [5.41, 5.74) is 6.06. The van der Waals surface area contributed by atoms with Crippen LogP contribution >= 0.6 is 0 Å². The molecule has 0 saturated heterocycles. The Morgan fingerprint density at radius 1 is 1.50 bits per heavy atom. The van der Waals surface area contributed by atoms with Gasteiger partial charge in [-0.25, -0.2) is 0 Å². The third kappa shape index (κ3) is 5.06. The first-order valence-corrected chi connectivity index (χ1v) is 8.07. The Morgan fingerprint density at radius 3 is 2.75 bits per heavy atom. The van der Waals surface area contributed by atoms with Gasteiger partial charge >= 0.3 is 0 Å². The monoisotopic (exact) mass is 283 g/mol.